The fraction of sp³-hybridized carbons (Fsp3) is 0.333. The van der Waals surface area contributed by atoms with Crippen LogP contribution in [0, 0.1) is 13.8 Å². The first kappa shape index (κ1) is 31.0. The Kier molecular flexibility index (Phi) is 8.03. The average molecular weight is 622 g/mol. The minimum atomic E-state index is 0.936. The number of H-pyrrole nitrogens is 3. The topological polar surface area (TPSA) is 73.2 Å². The largest absolute Gasteiger partial charge is 0.355 e. The summed E-state index contributed by atoms with van der Waals surface area (Å²) in [7, 11) is 0. The molecule has 0 aliphatic carbocycles. The maximum Gasteiger partial charge on any atom is 0.0910 e. The normalized spacial score (nSPS) is 12.7. The first-order valence-corrected chi connectivity index (χ1v) is 17.6. The fourth-order valence-electron chi connectivity index (χ4n) is 8.13. The van der Waals surface area contributed by atoms with Crippen LogP contribution in [0.1, 0.15) is 99.2 Å². The smallest absolute Gasteiger partial charge is 0.0910 e. The predicted molar refractivity (Wildman–Crippen MR) is 200 cm³/mol. The number of nitrogens with one attached hydrogen (secondary N) is 3. The molecular weight excluding hydrogens is 574 g/mol. The summed E-state index contributed by atoms with van der Waals surface area (Å²) in [5.74, 6) is 0. The average Bonchev–Trinajstić information content (AvgIpc) is 3.85. The number of aromatic amines is 3. The van der Waals surface area contributed by atoms with E-state index in [1.165, 1.54) is 66.7 Å². The van der Waals surface area contributed by atoms with Crippen molar-refractivity contribution in [1.82, 2.24) is 24.9 Å². The van der Waals surface area contributed by atoms with Gasteiger partial charge in [0.2, 0.25) is 0 Å². The lowest BCUT2D eigenvalue weighted by Crippen LogP contribution is -1.89. The standard InChI is InChI=1S/C42H47N5/c1-9-25-23(7)33-19-37-27(11-3)29(13-5)41(46-37)42-30(14-6)28(12-4)38(47-42)20-34-24(8)26(10-2)36(44-34)22-40-32-18-16-15-17-31(32)39(45-40)21-35(25)43-33/h15-22,43-44,46H,9-14H2,1-8H3. The van der Waals surface area contributed by atoms with Crippen LogP contribution in [0.4, 0.5) is 0 Å². The summed E-state index contributed by atoms with van der Waals surface area (Å²) < 4.78 is 0. The maximum atomic E-state index is 5.45. The van der Waals surface area contributed by atoms with Crippen LogP contribution in [0.2, 0.25) is 0 Å². The minimum Gasteiger partial charge on any atom is -0.355 e. The molecule has 2 aliphatic rings. The summed E-state index contributed by atoms with van der Waals surface area (Å²) in [6, 6.07) is 17.7. The van der Waals surface area contributed by atoms with Gasteiger partial charge >= 0.3 is 0 Å². The Bertz CT molecular complexity index is 2290. The van der Waals surface area contributed by atoms with Crippen molar-refractivity contribution in [3.05, 3.63) is 93.3 Å². The molecule has 47 heavy (non-hydrogen) atoms. The Balaban J connectivity index is 1.71. The third-order valence-corrected chi connectivity index (χ3v) is 10.6. The Morgan fingerprint density at radius 2 is 0.957 bits per heavy atom. The van der Waals surface area contributed by atoms with Crippen LogP contribution in [0.15, 0.2) is 48.5 Å². The highest BCUT2D eigenvalue weighted by molar-refractivity contribution is 5.98. The second-order valence-electron chi connectivity index (χ2n) is 12.9. The van der Waals surface area contributed by atoms with E-state index in [4.69, 9.17) is 9.97 Å². The second kappa shape index (κ2) is 12.2. The molecule has 0 fully saturated rings. The van der Waals surface area contributed by atoms with Gasteiger partial charge in [0.15, 0.2) is 0 Å². The van der Waals surface area contributed by atoms with E-state index in [0.717, 1.165) is 83.4 Å². The molecule has 0 spiro atoms. The molecule has 0 saturated carbocycles. The Morgan fingerprint density at radius 3 is 1.47 bits per heavy atom. The quantitative estimate of drug-likeness (QED) is 0.173. The van der Waals surface area contributed by atoms with E-state index < -0.39 is 0 Å². The van der Waals surface area contributed by atoms with E-state index in [-0.39, 0.29) is 0 Å². The van der Waals surface area contributed by atoms with Gasteiger partial charge in [-0.05, 0) is 121 Å². The summed E-state index contributed by atoms with van der Waals surface area (Å²) in [5.41, 5.74) is 24.1. The van der Waals surface area contributed by atoms with Crippen LogP contribution in [0.3, 0.4) is 0 Å². The van der Waals surface area contributed by atoms with Gasteiger partial charge in [0.1, 0.15) is 0 Å². The molecule has 240 valence electrons. The van der Waals surface area contributed by atoms with Crippen molar-refractivity contribution in [3.63, 3.8) is 0 Å². The van der Waals surface area contributed by atoms with Crippen molar-refractivity contribution in [3.8, 4) is 22.5 Å². The van der Waals surface area contributed by atoms with E-state index in [1.54, 1.807) is 0 Å². The fourth-order valence-corrected chi connectivity index (χ4v) is 8.13. The third kappa shape index (κ3) is 4.90. The number of allylic oxidation sites excluding steroid dienone is 2. The molecule has 10 bridgehead atoms. The van der Waals surface area contributed by atoms with Gasteiger partial charge in [-0.15, -0.1) is 0 Å². The zero-order chi connectivity index (χ0) is 33.0. The van der Waals surface area contributed by atoms with Crippen LogP contribution < -0.4 is 0 Å². The molecule has 0 unspecified atom stereocenters. The lowest BCUT2D eigenvalue weighted by atomic mass is 9.98. The van der Waals surface area contributed by atoms with Gasteiger partial charge < -0.3 is 15.0 Å². The molecular formula is C42H47N5. The van der Waals surface area contributed by atoms with E-state index in [9.17, 15) is 0 Å². The number of fused-ring (bicyclic) bond motifs is 14. The molecule has 7 rings (SSSR count). The maximum absolute atomic E-state index is 5.45. The van der Waals surface area contributed by atoms with Crippen LogP contribution in [-0.2, 0) is 25.7 Å². The molecule has 3 N–H and O–H groups in total. The molecule has 5 heteroatoms. The third-order valence-electron chi connectivity index (χ3n) is 10.6. The van der Waals surface area contributed by atoms with Gasteiger partial charge in [0.05, 0.1) is 28.3 Å². The van der Waals surface area contributed by atoms with Crippen LogP contribution >= 0.6 is 0 Å². The van der Waals surface area contributed by atoms with Gasteiger partial charge in [0.25, 0.3) is 0 Å². The highest BCUT2D eigenvalue weighted by Gasteiger charge is 2.23. The van der Waals surface area contributed by atoms with Crippen molar-refractivity contribution < 1.29 is 0 Å². The summed E-state index contributed by atoms with van der Waals surface area (Å²) in [5, 5.41) is 0. The summed E-state index contributed by atoms with van der Waals surface area (Å²) in [4.78, 5) is 22.3. The van der Waals surface area contributed by atoms with Crippen molar-refractivity contribution in [2.75, 3.05) is 0 Å². The van der Waals surface area contributed by atoms with Crippen LogP contribution in [0.25, 0.3) is 66.8 Å². The number of benzene rings is 1. The molecule has 0 radical (unpaired) electrons. The lowest BCUT2D eigenvalue weighted by Gasteiger charge is -2.04. The molecule has 6 heterocycles. The zero-order valence-electron chi connectivity index (χ0n) is 29.3. The Labute approximate surface area is 278 Å². The van der Waals surface area contributed by atoms with Crippen LogP contribution in [-0.4, -0.2) is 24.9 Å². The van der Waals surface area contributed by atoms with Gasteiger partial charge in [-0.3, -0.25) is 0 Å². The number of hydrogen-bond donors (Lipinski definition) is 3. The number of nitrogens with zero attached hydrogens (tertiary/aromatic N) is 2. The van der Waals surface area contributed by atoms with E-state index >= 15 is 0 Å². The number of rotatable bonds is 6. The van der Waals surface area contributed by atoms with Gasteiger partial charge in [-0.25, -0.2) is 9.97 Å². The van der Waals surface area contributed by atoms with Crippen molar-refractivity contribution in [2.24, 2.45) is 0 Å². The summed E-state index contributed by atoms with van der Waals surface area (Å²) in [6.07, 6.45) is 5.67. The van der Waals surface area contributed by atoms with Crippen molar-refractivity contribution in [1.29, 1.82) is 0 Å². The SMILES string of the molecule is CCC1=C(CC)c2nc1cc1[nH]c(cc3nc(cc4[nH]c(cc5[nH]c2c(CC)c5CC)c(C)c4CC)-c2ccccc2-3)c(CC)c1C. The highest BCUT2D eigenvalue weighted by Crippen LogP contribution is 2.40. The van der Waals surface area contributed by atoms with E-state index in [0.29, 0.717) is 0 Å². The van der Waals surface area contributed by atoms with Gasteiger partial charge in [0, 0.05) is 38.7 Å². The summed E-state index contributed by atoms with van der Waals surface area (Å²) >= 11 is 0. The lowest BCUT2D eigenvalue weighted by molar-refractivity contribution is 1.07. The molecule has 5 aromatic rings. The zero-order valence-corrected chi connectivity index (χ0v) is 29.3. The molecule has 0 saturated heterocycles. The predicted octanol–water partition coefficient (Wildman–Crippen LogP) is 11.3. The first-order chi connectivity index (χ1) is 22.8. The monoisotopic (exact) mass is 621 g/mol. The molecule has 0 amide bonds. The van der Waals surface area contributed by atoms with Crippen LogP contribution in [0.5, 0.6) is 0 Å². The molecule has 5 nitrogen and oxygen atoms in total. The second-order valence-corrected chi connectivity index (χ2v) is 12.9. The number of aromatic nitrogens is 5. The Morgan fingerprint density at radius 1 is 0.468 bits per heavy atom. The number of aryl methyl sites for hydroxylation is 6. The van der Waals surface area contributed by atoms with Crippen molar-refractivity contribution in [2.45, 2.75) is 93.9 Å². The van der Waals surface area contributed by atoms with Crippen molar-refractivity contribution >= 4 is 44.2 Å². The highest BCUT2D eigenvalue weighted by atomic mass is 14.8. The molecule has 2 aliphatic heterocycles. The molecule has 1 aromatic carbocycles. The Hall–Kier alpha value is -4.64. The minimum absolute atomic E-state index is 0.936. The first-order valence-electron chi connectivity index (χ1n) is 17.6. The molecule has 4 aromatic heterocycles. The summed E-state index contributed by atoms with van der Waals surface area (Å²) in [6.45, 7) is 18.1. The number of hydrogen-bond acceptors (Lipinski definition) is 2. The van der Waals surface area contributed by atoms with E-state index in [2.05, 4.69) is 119 Å². The molecule has 0 atom stereocenters. The van der Waals surface area contributed by atoms with Gasteiger partial charge in [-0.2, -0.15) is 0 Å². The van der Waals surface area contributed by atoms with Gasteiger partial charge in [-0.1, -0.05) is 65.8 Å². The van der Waals surface area contributed by atoms with E-state index in [1.807, 2.05) is 0 Å².